The van der Waals surface area contributed by atoms with Crippen LogP contribution in [0.2, 0.25) is 0 Å². The maximum Gasteiger partial charge on any atom is 0.123 e. The van der Waals surface area contributed by atoms with E-state index in [2.05, 4.69) is 83.8 Å². The van der Waals surface area contributed by atoms with Gasteiger partial charge in [0.2, 0.25) is 0 Å². The molecule has 2 nitrogen and oxygen atoms in total. The zero-order valence-corrected chi connectivity index (χ0v) is 15.6. The Labute approximate surface area is 161 Å². The molecule has 0 aliphatic carbocycles. The molecule has 2 heteroatoms. The van der Waals surface area contributed by atoms with Crippen molar-refractivity contribution in [2.45, 2.75) is 18.9 Å². The van der Waals surface area contributed by atoms with Gasteiger partial charge in [0, 0.05) is 25.6 Å². The lowest BCUT2D eigenvalue weighted by Crippen LogP contribution is -2.21. The fourth-order valence-electron chi connectivity index (χ4n) is 4.67. The van der Waals surface area contributed by atoms with Crippen LogP contribution in [0, 0.1) is 5.92 Å². The van der Waals surface area contributed by atoms with Gasteiger partial charge in [-0.25, -0.2) is 0 Å². The number of nitrogens with zero attached hydrogens (tertiary/aromatic N) is 1. The number of hydrogen-bond donors (Lipinski definition) is 0. The molecule has 0 amide bonds. The second-order valence-electron chi connectivity index (χ2n) is 7.80. The van der Waals surface area contributed by atoms with Crippen LogP contribution in [0.5, 0.6) is 5.75 Å². The van der Waals surface area contributed by atoms with Crippen molar-refractivity contribution in [3.8, 4) is 16.9 Å². The molecule has 3 aromatic rings. The van der Waals surface area contributed by atoms with Gasteiger partial charge in [-0.15, -0.1) is 0 Å². The van der Waals surface area contributed by atoms with Gasteiger partial charge >= 0.3 is 0 Å². The van der Waals surface area contributed by atoms with Gasteiger partial charge < -0.3 is 4.74 Å². The molecule has 1 unspecified atom stereocenters. The van der Waals surface area contributed by atoms with E-state index in [0.29, 0.717) is 11.8 Å². The summed E-state index contributed by atoms with van der Waals surface area (Å²) in [6.07, 6.45) is 1.14. The molecule has 5 rings (SSSR count). The highest BCUT2D eigenvalue weighted by atomic mass is 16.5. The largest absolute Gasteiger partial charge is 0.493 e. The van der Waals surface area contributed by atoms with Crippen LogP contribution in [-0.2, 0) is 6.54 Å². The first-order valence-electron chi connectivity index (χ1n) is 9.95. The SMILES string of the molecule is c1ccc(CN2CC3CCOc4cc(-c5ccccc5)ccc4[C@H]3C2)cc1. The fourth-order valence-corrected chi connectivity index (χ4v) is 4.67. The molecule has 3 aromatic carbocycles. The lowest BCUT2D eigenvalue weighted by molar-refractivity contribution is 0.271. The van der Waals surface area contributed by atoms with Crippen LogP contribution in [0.1, 0.15) is 23.5 Å². The second kappa shape index (κ2) is 7.21. The molecule has 0 aromatic heterocycles. The van der Waals surface area contributed by atoms with Gasteiger partial charge in [0.25, 0.3) is 0 Å². The van der Waals surface area contributed by atoms with E-state index in [1.54, 1.807) is 0 Å². The van der Waals surface area contributed by atoms with Crippen molar-refractivity contribution in [3.05, 3.63) is 90.0 Å². The Balaban J connectivity index is 1.40. The van der Waals surface area contributed by atoms with Crippen molar-refractivity contribution in [1.29, 1.82) is 0 Å². The van der Waals surface area contributed by atoms with Crippen LogP contribution >= 0.6 is 0 Å². The molecule has 0 radical (unpaired) electrons. The Morgan fingerprint density at radius 3 is 2.41 bits per heavy atom. The maximum atomic E-state index is 6.18. The van der Waals surface area contributed by atoms with Crippen molar-refractivity contribution in [1.82, 2.24) is 4.90 Å². The molecule has 0 bridgehead atoms. The summed E-state index contributed by atoms with van der Waals surface area (Å²) in [6.45, 7) is 4.17. The summed E-state index contributed by atoms with van der Waals surface area (Å²) >= 11 is 0. The average Bonchev–Trinajstić information content (AvgIpc) is 3.03. The molecule has 0 N–H and O–H groups in total. The van der Waals surface area contributed by atoms with Gasteiger partial charge in [0.15, 0.2) is 0 Å². The van der Waals surface area contributed by atoms with Crippen LogP contribution < -0.4 is 4.74 Å². The predicted octanol–water partition coefficient (Wildman–Crippen LogP) is 5.35. The van der Waals surface area contributed by atoms with Gasteiger partial charge in [-0.05, 0) is 40.7 Å². The highest BCUT2D eigenvalue weighted by Gasteiger charge is 2.36. The second-order valence-corrected chi connectivity index (χ2v) is 7.80. The normalized spacial score (nSPS) is 21.8. The van der Waals surface area contributed by atoms with E-state index < -0.39 is 0 Å². The van der Waals surface area contributed by atoms with Gasteiger partial charge in [0.1, 0.15) is 5.75 Å². The third-order valence-electron chi connectivity index (χ3n) is 6.03. The third kappa shape index (κ3) is 3.38. The molecule has 1 saturated heterocycles. The zero-order valence-electron chi connectivity index (χ0n) is 15.6. The van der Waals surface area contributed by atoms with E-state index >= 15 is 0 Å². The van der Waals surface area contributed by atoms with Crippen molar-refractivity contribution in [2.24, 2.45) is 5.92 Å². The highest BCUT2D eigenvalue weighted by molar-refractivity contribution is 5.66. The van der Waals surface area contributed by atoms with Crippen molar-refractivity contribution in [3.63, 3.8) is 0 Å². The summed E-state index contributed by atoms with van der Waals surface area (Å²) in [5, 5.41) is 0. The first kappa shape index (κ1) is 16.6. The van der Waals surface area contributed by atoms with Crippen LogP contribution in [0.25, 0.3) is 11.1 Å². The number of likely N-dealkylation sites (tertiary alicyclic amines) is 1. The molecule has 27 heavy (non-hydrogen) atoms. The van der Waals surface area contributed by atoms with Crippen molar-refractivity contribution >= 4 is 0 Å². The molecule has 2 atom stereocenters. The number of fused-ring (bicyclic) bond motifs is 3. The Morgan fingerprint density at radius 2 is 1.59 bits per heavy atom. The Kier molecular flexibility index (Phi) is 4.43. The molecule has 0 saturated carbocycles. The van der Waals surface area contributed by atoms with E-state index in [1.165, 1.54) is 28.8 Å². The lowest BCUT2D eigenvalue weighted by Gasteiger charge is -2.18. The topological polar surface area (TPSA) is 12.5 Å². The van der Waals surface area contributed by atoms with E-state index in [4.69, 9.17) is 4.74 Å². The number of benzene rings is 3. The predicted molar refractivity (Wildman–Crippen MR) is 110 cm³/mol. The van der Waals surface area contributed by atoms with Crippen molar-refractivity contribution in [2.75, 3.05) is 19.7 Å². The van der Waals surface area contributed by atoms with Crippen LogP contribution in [-0.4, -0.2) is 24.6 Å². The Hall–Kier alpha value is -2.58. The molecule has 2 aliphatic heterocycles. The zero-order chi connectivity index (χ0) is 18.1. The van der Waals surface area contributed by atoms with Gasteiger partial charge in [-0.3, -0.25) is 4.90 Å². The average molecular weight is 355 g/mol. The molecule has 2 heterocycles. The van der Waals surface area contributed by atoms with E-state index in [-0.39, 0.29) is 0 Å². The fraction of sp³-hybridized carbons (Fsp3) is 0.280. The molecule has 0 spiro atoms. The third-order valence-corrected chi connectivity index (χ3v) is 6.03. The van der Waals surface area contributed by atoms with Gasteiger partial charge in [-0.2, -0.15) is 0 Å². The number of hydrogen-bond acceptors (Lipinski definition) is 2. The number of rotatable bonds is 3. The maximum absolute atomic E-state index is 6.18. The molecule has 2 aliphatic rings. The van der Waals surface area contributed by atoms with Crippen LogP contribution in [0.3, 0.4) is 0 Å². The molecule has 1 fully saturated rings. The van der Waals surface area contributed by atoms with Gasteiger partial charge in [-0.1, -0.05) is 72.8 Å². The van der Waals surface area contributed by atoms with Crippen LogP contribution in [0.4, 0.5) is 0 Å². The van der Waals surface area contributed by atoms with Crippen molar-refractivity contribution < 1.29 is 4.74 Å². The molecule has 136 valence electrons. The monoisotopic (exact) mass is 355 g/mol. The summed E-state index contributed by atoms with van der Waals surface area (Å²) in [5.41, 5.74) is 5.30. The Morgan fingerprint density at radius 1 is 0.815 bits per heavy atom. The summed E-state index contributed by atoms with van der Waals surface area (Å²) in [5.74, 6) is 2.36. The summed E-state index contributed by atoms with van der Waals surface area (Å²) in [4.78, 5) is 2.62. The van der Waals surface area contributed by atoms with E-state index in [1.807, 2.05) is 0 Å². The highest BCUT2D eigenvalue weighted by Crippen LogP contribution is 2.43. The van der Waals surface area contributed by atoms with E-state index in [9.17, 15) is 0 Å². The molecular formula is C25H25NO. The van der Waals surface area contributed by atoms with E-state index in [0.717, 1.165) is 31.9 Å². The Bertz CT molecular complexity index is 906. The summed E-state index contributed by atoms with van der Waals surface area (Å²) in [6, 6.07) is 28.2. The number of ether oxygens (including phenoxy) is 1. The summed E-state index contributed by atoms with van der Waals surface area (Å²) in [7, 11) is 0. The smallest absolute Gasteiger partial charge is 0.123 e. The van der Waals surface area contributed by atoms with Crippen LogP contribution in [0.15, 0.2) is 78.9 Å². The molecular weight excluding hydrogens is 330 g/mol. The first-order valence-corrected chi connectivity index (χ1v) is 9.95. The lowest BCUT2D eigenvalue weighted by atomic mass is 9.86. The quantitative estimate of drug-likeness (QED) is 0.628. The minimum absolute atomic E-state index is 0.580. The first-order chi connectivity index (χ1) is 13.4. The standard InChI is InChI=1S/C25H25NO/c1-3-7-19(8-4-1)16-26-17-22-13-14-27-25-15-21(20-9-5-2-6-10-20)11-12-23(25)24(22)18-26/h1-12,15,22,24H,13-14,16-18H2/t22?,24-/m0/s1. The minimum Gasteiger partial charge on any atom is -0.493 e. The van der Waals surface area contributed by atoms with Gasteiger partial charge in [0.05, 0.1) is 6.61 Å². The summed E-state index contributed by atoms with van der Waals surface area (Å²) < 4.78 is 6.18. The minimum atomic E-state index is 0.580.